The van der Waals surface area contributed by atoms with E-state index in [0.717, 1.165) is 30.3 Å². The van der Waals surface area contributed by atoms with Gasteiger partial charge >= 0.3 is 0 Å². The summed E-state index contributed by atoms with van der Waals surface area (Å²) in [5.74, 6) is 1.95. The maximum Gasteiger partial charge on any atom is 0.251 e. The Balaban J connectivity index is 1.34. The summed E-state index contributed by atoms with van der Waals surface area (Å²) in [6, 6.07) is 7.27. The van der Waals surface area contributed by atoms with Gasteiger partial charge in [-0.25, -0.2) is 9.67 Å². The second kappa shape index (κ2) is 7.47. The van der Waals surface area contributed by atoms with Gasteiger partial charge in [-0.3, -0.25) is 4.79 Å². The number of carbonyl (C=O) groups is 1. The summed E-state index contributed by atoms with van der Waals surface area (Å²) in [7, 11) is 0. The molecule has 1 aromatic carbocycles. The number of amides is 1. The van der Waals surface area contributed by atoms with E-state index < -0.39 is 0 Å². The molecule has 3 heterocycles. The van der Waals surface area contributed by atoms with Crippen LogP contribution in [0.2, 0.25) is 0 Å². The van der Waals surface area contributed by atoms with Crippen molar-refractivity contribution < 1.29 is 4.79 Å². The van der Waals surface area contributed by atoms with Crippen LogP contribution in [-0.4, -0.2) is 42.0 Å². The molecule has 1 amide bonds. The van der Waals surface area contributed by atoms with Gasteiger partial charge in [0.1, 0.15) is 24.3 Å². The summed E-state index contributed by atoms with van der Waals surface area (Å²) in [4.78, 5) is 16.2. The number of nitrogens with one attached hydrogen (secondary N) is 1. The predicted molar refractivity (Wildman–Crippen MR) is 95.0 cm³/mol. The average Bonchev–Trinajstić information content (AvgIpc) is 3.27. The van der Waals surface area contributed by atoms with Gasteiger partial charge in [0.15, 0.2) is 0 Å². The smallest absolute Gasteiger partial charge is 0.251 e. The summed E-state index contributed by atoms with van der Waals surface area (Å²) >= 11 is 0. The third-order valence-corrected chi connectivity index (χ3v) is 4.63. The second-order valence-electron chi connectivity index (χ2n) is 6.39. The first-order valence-corrected chi connectivity index (χ1v) is 8.95. The third-order valence-electron chi connectivity index (χ3n) is 4.63. The Kier molecular flexibility index (Phi) is 4.72. The molecular weight excluding hydrogens is 330 g/mol. The average molecular weight is 351 g/mol. The molecule has 0 atom stereocenters. The number of hydrogen-bond donors (Lipinski definition) is 1. The van der Waals surface area contributed by atoms with E-state index in [0.29, 0.717) is 18.5 Å². The molecule has 0 unspecified atom stereocenters. The number of rotatable bonds is 5. The van der Waals surface area contributed by atoms with Crippen molar-refractivity contribution in [2.45, 2.75) is 38.6 Å². The van der Waals surface area contributed by atoms with Crippen molar-refractivity contribution in [3.05, 3.63) is 54.1 Å². The lowest BCUT2D eigenvalue weighted by atomic mass is 10.2. The standard InChI is InChI=1S/C18H21N7O/c26-18(14-5-7-15(8-6-14)25-13-19-12-21-25)20-10-9-17-23-22-16-4-2-1-3-11-24(16)17/h5-8,12-13H,1-4,9-11H2,(H,20,26). The third kappa shape index (κ3) is 3.49. The Morgan fingerprint density at radius 1 is 1.12 bits per heavy atom. The van der Waals surface area contributed by atoms with Crippen molar-refractivity contribution in [1.29, 1.82) is 0 Å². The maximum atomic E-state index is 12.3. The molecule has 0 spiro atoms. The Morgan fingerprint density at radius 3 is 2.81 bits per heavy atom. The highest BCUT2D eigenvalue weighted by Gasteiger charge is 2.14. The van der Waals surface area contributed by atoms with Crippen LogP contribution in [0.1, 0.15) is 41.3 Å². The van der Waals surface area contributed by atoms with Crippen LogP contribution in [0.4, 0.5) is 0 Å². The SMILES string of the molecule is O=C(NCCc1nnc2n1CCCCC2)c1ccc(-n2cncn2)cc1. The molecule has 0 fully saturated rings. The zero-order valence-corrected chi connectivity index (χ0v) is 14.5. The minimum Gasteiger partial charge on any atom is -0.352 e. The first kappa shape index (κ1) is 16.4. The van der Waals surface area contributed by atoms with Crippen LogP contribution < -0.4 is 5.32 Å². The van der Waals surface area contributed by atoms with E-state index in [2.05, 4.69) is 30.2 Å². The first-order chi connectivity index (χ1) is 12.8. The lowest BCUT2D eigenvalue weighted by molar-refractivity contribution is 0.0954. The van der Waals surface area contributed by atoms with Gasteiger partial charge in [0.05, 0.1) is 5.69 Å². The Bertz CT molecular complexity index is 868. The summed E-state index contributed by atoms with van der Waals surface area (Å²) in [6.07, 6.45) is 8.38. The van der Waals surface area contributed by atoms with Crippen LogP contribution in [0.5, 0.6) is 0 Å². The fourth-order valence-corrected chi connectivity index (χ4v) is 3.23. The largest absolute Gasteiger partial charge is 0.352 e. The maximum absolute atomic E-state index is 12.3. The van der Waals surface area contributed by atoms with E-state index in [-0.39, 0.29) is 5.91 Å². The summed E-state index contributed by atoms with van der Waals surface area (Å²) in [5, 5.41) is 15.6. The van der Waals surface area contributed by atoms with E-state index in [4.69, 9.17) is 0 Å². The normalized spacial score (nSPS) is 13.8. The number of carbonyl (C=O) groups excluding carboxylic acids is 1. The van der Waals surface area contributed by atoms with Gasteiger partial charge < -0.3 is 9.88 Å². The van der Waals surface area contributed by atoms with Crippen molar-refractivity contribution >= 4 is 5.91 Å². The molecule has 8 heteroatoms. The molecule has 1 aliphatic heterocycles. The Labute approximate surface area is 151 Å². The van der Waals surface area contributed by atoms with Crippen LogP contribution in [-0.2, 0) is 19.4 Å². The zero-order valence-electron chi connectivity index (χ0n) is 14.5. The monoisotopic (exact) mass is 351 g/mol. The molecule has 2 aromatic heterocycles. The highest BCUT2D eigenvalue weighted by Crippen LogP contribution is 2.14. The number of aryl methyl sites for hydroxylation is 1. The number of benzene rings is 1. The molecule has 0 aliphatic carbocycles. The molecule has 0 bridgehead atoms. The van der Waals surface area contributed by atoms with Gasteiger partial charge in [-0.05, 0) is 37.1 Å². The molecular formula is C18H21N7O. The second-order valence-corrected chi connectivity index (χ2v) is 6.39. The van der Waals surface area contributed by atoms with Crippen molar-refractivity contribution in [3.8, 4) is 5.69 Å². The summed E-state index contributed by atoms with van der Waals surface area (Å²) in [6.45, 7) is 1.52. The molecule has 1 aliphatic rings. The summed E-state index contributed by atoms with van der Waals surface area (Å²) in [5.41, 5.74) is 1.49. The van der Waals surface area contributed by atoms with Crippen LogP contribution in [0, 0.1) is 0 Å². The van der Waals surface area contributed by atoms with Crippen molar-refractivity contribution in [3.63, 3.8) is 0 Å². The molecule has 3 aromatic rings. The minimum absolute atomic E-state index is 0.0919. The van der Waals surface area contributed by atoms with E-state index in [1.807, 2.05) is 12.1 Å². The van der Waals surface area contributed by atoms with E-state index >= 15 is 0 Å². The highest BCUT2D eigenvalue weighted by molar-refractivity contribution is 5.94. The Hall–Kier alpha value is -3.03. The molecule has 4 rings (SSSR count). The van der Waals surface area contributed by atoms with Gasteiger partial charge in [-0.1, -0.05) is 6.42 Å². The molecule has 26 heavy (non-hydrogen) atoms. The van der Waals surface area contributed by atoms with Crippen LogP contribution in [0.25, 0.3) is 5.69 Å². The van der Waals surface area contributed by atoms with E-state index in [1.165, 1.54) is 25.6 Å². The van der Waals surface area contributed by atoms with Gasteiger partial charge in [0, 0.05) is 31.5 Å². The van der Waals surface area contributed by atoms with Crippen LogP contribution >= 0.6 is 0 Å². The van der Waals surface area contributed by atoms with Crippen molar-refractivity contribution in [2.24, 2.45) is 0 Å². The molecule has 0 saturated carbocycles. The van der Waals surface area contributed by atoms with Crippen molar-refractivity contribution in [2.75, 3.05) is 6.54 Å². The van der Waals surface area contributed by atoms with Crippen molar-refractivity contribution in [1.82, 2.24) is 34.8 Å². The zero-order chi connectivity index (χ0) is 17.8. The van der Waals surface area contributed by atoms with Crippen LogP contribution in [0.15, 0.2) is 36.9 Å². The fourth-order valence-electron chi connectivity index (χ4n) is 3.23. The van der Waals surface area contributed by atoms with Gasteiger partial charge in [-0.2, -0.15) is 5.10 Å². The van der Waals surface area contributed by atoms with E-state index in [9.17, 15) is 4.79 Å². The van der Waals surface area contributed by atoms with Gasteiger partial charge in [0.2, 0.25) is 0 Å². The minimum atomic E-state index is -0.0919. The molecule has 0 radical (unpaired) electrons. The Morgan fingerprint density at radius 2 is 2.00 bits per heavy atom. The summed E-state index contributed by atoms with van der Waals surface area (Å²) < 4.78 is 3.87. The predicted octanol–water partition coefficient (Wildman–Crippen LogP) is 1.56. The number of aromatic nitrogens is 6. The van der Waals surface area contributed by atoms with Crippen LogP contribution in [0.3, 0.4) is 0 Å². The van der Waals surface area contributed by atoms with Gasteiger partial charge in [-0.15, -0.1) is 10.2 Å². The molecule has 0 saturated heterocycles. The van der Waals surface area contributed by atoms with E-state index in [1.54, 1.807) is 23.1 Å². The first-order valence-electron chi connectivity index (χ1n) is 8.95. The highest BCUT2D eigenvalue weighted by atomic mass is 16.1. The fraction of sp³-hybridized carbons (Fsp3) is 0.389. The number of nitrogens with zero attached hydrogens (tertiary/aromatic N) is 6. The molecule has 8 nitrogen and oxygen atoms in total. The van der Waals surface area contributed by atoms with Gasteiger partial charge in [0.25, 0.3) is 5.91 Å². The number of fused-ring (bicyclic) bond motifs is 1. The topological polar surface area (TPSA) is 90.5 Å². The number of hydrogen-bond acceptors (Lipinski definition) is 5. The lowest BCUT2D eigenvalue weighted by Gasteiger charge is -2.08. The molecule has 134 valence electrons. The molecule has 1 N–H and O–H groups in total. The quantitative estimate of drug-likeness (QED) is 0.753. The lowest BCUT2D eigenvalue weighted by Crippen LogP contribution is -2.26.